The third kappa shape index (κ3) is 11.9. The van der Waals surface area contributed by atoms with Gasteiger partial charge in [-0.15, -0.1) is 0 Å². The van der Waals surface area contributed by atoms with Crippen LogP contribution in [0.5, 0.6) is 11.5 Å². The first-order chi connectivity index (χ1) is 25.6. The summed E-state index contributed by atoms with van der Waals surface area (Å²) in [4.78, 5) is 0. The van der Waals surface area contributed by atoms with Crippen molar-refractivity contribution in [3.63, 3.8) is 0 Å². The van der Waals surface area contributed by atoms with Gasteiger partial charge in [0.25, 0.3) is 0 Å². The summed E-state index contributed by atoms with van der Waals surface area (Å²) in [7, 11) is 0. The third-order valence-electron chi connectivity index (χ3n) is 9.41. The highest BCUT2D eigenvalue weighted by molar-refractivity contribution is 5.76. The minimum atomic E-state index is 0.543. The van der Waals surface area contributed by atoms with Gasteiger partial charge in [-0.05, 0) is 106 Å². The molecule has 0 heterocycles. The molecule has 0 N–H and O–H groups in total. The Labute approximate surface area is 312 Å². The Morgan fingerprint density at radius 2 is 0.808 bits per heavy atom. The van der Waals surface area contributed by atoms with Crippen molar-refractivity contribution in [1.29, 1.82) is 0 Å². The fourth-order valence-corrected chi connectivity index (χ4v) is 6.16. The van der Waals surface area contributed by atoms with Crippen molar-refractivity contribution in [2.24, 2.45) is 0 Å². The molecule has 0 saturated carbocycles. The van der Waals surface area contributed by atoms with Crippen LogP contribution in [0.1, 0.15) is 108 Å². The first-order valence-electron chi connectivity index (χ1n) is 19.0. The van der Waals surface area contributed by atoms with Crippen molar-refractivity contribution in [3.8, 4) is 11.5 Å². The van der Waals surface area contributed by atoms with Gasteiger partial charge in [-0.2, -0.15) is 0 Å². The van der Waals surface area contributed by atoms with Crippen LogP contribution in [0.3, 0.4) is 0 Å². The van der Waals surface area contributed by atoms with Crippen molar-refractivity contribution in [2.75, 3.05) is 0 Å². The van der Waals surface area contributed by atoms with E-state index in [1.807, 2.05) is 12.2 Å². The number of benzene rings is 5. The summed E-state index contributed by atoms with van der Waals surface area (Å²) < 4.78 is 12.1. The normalized spacial score (nSPS) is 11.3. The smallest absolute Gasteiger partial charge is 0.119 e. The summed E-state index contributed by atoms with van der Waals surface area (Å²) in [6.45, 7) is 13.3. The molecular formula is C50H54O2. The second-order valence-corrected chi connectivity index (χ2v) is 13.4. The summed E-state index contributed by atoms with van der Waals surface area (Å²) in [5.41, 5.74) is 12.3. The first kappa shape index (κ1) is 37.9. The largest absolute Gasteiger partial charge is 0.489 e. The van der Waals surface area contributed by atoms with E-state index in [0.717, 1.165) is 57.7 Å². The lowest BCUT2D eigenvalue weighted by Gasteiger charge is -2.14. The highest BCUT2D eigenvalue weighted by atomic mass is 16.5. The van der Waals surface area contributed by atoms with Crippen LogP contribution in [0.15, 0.2) is 122 Å². The van der Waals surface area contributed by atoms with Crippen molar-refractivity contribution >= 4 is 36.5 Å². The number of unbranched alkanes of at least 4 members (excludes halogenated alkanes) is 4. The zero-order valence-corrected chi connectivity index (χ0v) is 31.2. The van der Waals surface area contributed by atoms with E-state index in [0.29, 0.717) is 13.2 Å². The maximum Gasteiger partial charge on any atom is 0.119 e. The lowest BCUT2D eigenvalue weighted by atomic mass is 9.91. The topological polar surface area (TPSA) is 18.5 Å². The number of aryl methyl sites for hydroxylation is 2. The molecule has 0 aliphatic carbocycles. The van der Waals surface area contributed by atoms with Crippen LogP contribution in [-0.2, 0) is 26.1 Å². The Morgan fingerprint density at radius 1 is 0.442 bits per heavy atom. The molecule has 5 rings (SSSR count). The number of hydrogen-bond acceptors (Lipinski definition) is 2. The van der Waals surface area contributed by atoms with Gasteiger partial charge < -0.3 is 9.47 Å². The molecule has 0 saturated heterocycles. The van der Waals surface area contributed by atoms with E-state index in [1.165, 1.54) is 60.8 Å². The quantitative estimate of drug-likeness (QED) is 0.0599. The molecule has 0 unspecified atom stereocenters. The van der Waals surface area contributed by atoms with Gasteiger partial charge in [0.2, 0.25) is 0 Å². The van der Waals surface area contributed by atoms with Gasteiger partial charge in [-0.3, -0.25) is 0 Å². The Morgan fingerprint density at radius 3 is 1.15 bits per heavy atom. The van der Waals surface area contributed by atoms with Crippen LogP contribution < -0.4 is 9.47 Å². The molecule has 0 amide bonds. The van der Waals surface area contributed by atoms with Crippen LogP contribution in [0.4, 0.5) is 0 Å². The summed E-state index contributed by atoms with van der Waals surface area (Å²) in [5, 5.41) is 0. The first-order valence-corrected chi connectivity index (χ1v) is 19.0. The van der Waals surface area contributed by atoms with E-state index >= 15 is 0 Å². The number of hydrogen-bond donors (Lipinski definition) is 0. The van der Waals surface area contributed by atoms with Crippen molar-refractivity contribution in [3.05, 3.63) is 178 Å². The molecule has 0 fully saturated rings. The Kier molecular flexibility index (Phi) is 14.9. The molecule has 2 nitrogen and oxygen atoms in total. The fourth-order valence-electron chi connectivity index (χ4n) is 6.16. The molecule has 266 valence electrons. The highest BCUT2D eigenvalue weighted by Crippen LogP contribution is 2.26. The van der Waals surface area contributed by atoms with Crippen LogP contribution in [0, 0.1) is 0 Å². The zero-order valence-electron chi connectivity index (χ0n) is 31.2. The van der Waals surface area contributed by atoms with Gasteiger partial charge in [-0.25, -0.2) is 0 Å². The molecule has 0 aliphatic heterocycles. The lowest BCUT2D eigenvalue weighted by molar-refractivity contribution is 0.306. The minimum absolute atomic E-state index is 0.543. The zero-order chi connectivity index (χ0) is 36.4. The van der Waals surface area contributed by atoms with Gasteiger partial charge in [0, 0.05) is 0 Å². The van der Waals surface area contributed by atoms with Gasteiger partial charge in [0.05, 0.1) is 0 Å². The Bertz CT molecular complexity index is 1750. The molecule has 5 aromatic carbocycles. The van der Waals surface area contributed by atoms with Crippen LogP contribution >= 0.6 is 0 Å². The standard InChI is InChI=1S/C50H54O2/c1-5-9-11-13-45-35-48(30-24-42-27-33-50(34-28-42)52-38-44-21-17-40(8-4)18-22-44)46(14-12-10-6-2)36-47(45)29-23-41-25-31-49(32-26-41)51-37-43-19-15-39(7-3)16-20-43/h7-8,15-36H,3-6,9-14,37-38H2,1-2H3/b29-23+,30-24+. The molecule has 2 heteroatoms. The van der Waals surface area contributed by atoms with E-state index in [-0.39, 0.29) is 0 Å². The fraction of sp³-hybridized carbons (Fsp3) is 0.240. The third-order valence-corrected chi connectivity index (χ3v) is 9.41. The molecule has 0 spiro atoms. The SMILES string of the molecule is C=Cc1ccc(COc2ccc(/C=C/c3cc(CCCCC)c(/C=C/c4ccc(OCc5ccc(C=C)cc5)cc4)cc3CCCCC)cc2)cc1. The molecule has 5 aromatic rings. The van der Waals surface area contributed by atoms with E-state index < -0.39 is 0 Å². The lowest BCUT2D eigenvalue weighted by Crippen LogP contribution is -1.98. The Hall–Kier alpha value is -5.34. The Balaban J connectivity index is 1.30. The molecule has 0 radical (unpaired) electrons. The predicted octanol–water partition coefficient (Wildman–Crippen LogP) is 13.9. The van der Waals surface area contributed by atoms with Gasteiger partial charge in [0.1, 0.15) is 24.7 Å². The van der Waals surface area contributed by atoms with E-state index in [4.69, 9.17) is 9.47 Å². The average molecular weight is 687 g/mol. The minimum Gasteiger partial charge on any atom is -0.489 e. The van der Waals surface area contributed by atoms with Crippen LogP contribution in [0.25, 0.3) is 36.5 Å². The van der Waals surface area contributed by atoms with Gasteiger partial charge in [-0.1, -0.05) is 174 Å². The maximum absolute atomic E-state index is 6.06. The molecular weight excluding hydrogens is 633 g/mol. The van der Waals surface area contributed by atoms with E-state index in [1.54, 1.807) is 0 Å². The van der Waals surface area contributed by atoms with Gasteiger partial charge in [0.15, 0.2) is 0 Å². The van der Waals surface area contributed by atoms with E-state index in [9.17, 15) is 0 Å². The molecule has 0 bridgehead atoms. The summed E-state index contributed by atoms with van der Waals surface area (Å²) in [5.74, 6) is 1.74. The molecule has 0 atom stereocenters. The van der Waals surface area contributed by atoms with Crippen LogP contribution in [-0.4, -0.2) is 0 Å². The number of rotatable bonds is 20. The summed E-state index contributed by atoms with van der Waals surface area (Å²) in [6.07, 6.45) is 22.2. The number of ether oxygens (including phenoxy) is 2. The average Bonchev–Trinajstić information content (AvgIpc) is 3.19. The highest BCUT2D eigenvalue weighted by Gasteiger charge is 2.09. The monoisotopic (exact) mass is 686 g/mol. The summed E-state index contributed by atoms with van der Waals surface area (Å²) >= 11 is 0. The predicted molar refractivity (Wildman–Crippen MR) is 225 cm³/mol. The molecule has 52 heavy (non-hydrogen) atoms. The second-order valence-electron chi connectivity index (χ2n) is 13.4. The van der Waals surface area contributed by atoms with Crippen LogP contribution in [0.2, 0.25) is 0 Å². The van der Waals surface area contributed by atoms with Gasteiger partial charge >= 0.3 is 0 Å². The van der Waals surface area contributed by atoms with E-state index in [2.05, 4.69) is 161 Å². The van der Waals surface area contributed by atoms with Crippen molar-refractivity contribution in [2.45, 2.75) is 78.4 Å². The van der Waals surface area contributed by atoms with Crippen molar-refractivity contribution < 1.29 is 9.47 Å². The molecule has 0 aliphatic rings. The molecule has 0 aromatic heterocycles. The summed E-state index contributed by atoms with van der Waals surface area (Å²) in [6, 6.07) is 38.3. The second kappa shape index (κ2) is 20.5. The maximum atomic E-state index is 6.06. The van der Waals surface area contributed by atoms with Crippen molar-refractivity contribution in [1.82, 2.24) is 0 Å².